The van der Waals surface area contributed by atoms with E-state index in [2.05, 4.69) is 20.9 Å². The van der Waals surface area contributed by atoms with Gasteiger partial charge in [0.2, 0.25) is 0 Å². The number of hydrogen-bond acceptors (Lipinski definition) is 3. The van der Waals surface area contributed by atoms with Gasteiger partial charge < -0.3 is 9.84 Å². The standard InChI is InChI=1S/C11H14BrNO3/c1-2-9(11(14)15)16-7-6-8-4-3-5-10(12)13-8/h3-5,9H,2,6-7H2,1H3,(H,14,15). The Morgan fingerprint density at radius 3 is 2.94 bits per heavy atom. The molecule has 88 valence electrons. The molecule has 1 heterocycles. The van der Waals surface area contributed by atoms with Crippen LogP contribution in [0.1, 0.15) is 19.0 Å². The number of pyridine rings is 1. The van der Waals surface area contributed by atoms with Crippen molar-refractivity contribution in [2.75, 3.05) is 6.61 Å². The highest BCUT2D eigenvalue weighted by atomic mass is 79.9. The molecule has 16 heavy (non-hydrogen) atoms. The van der Waals surface area contributed by atoms with E-state index in [0.29, 0.717) is 19.4 Å². The van der Waals surface area contributed by atoms with Crippen LogP contribution < -0.4 is 0 Å². The first-order chi connectivity index (χ1) is 7.63. The summed E-state index contributed by atoms with van der Waals surface area (Å²) < 4.78 is 6.02. The van der Waals surface area contributed by atoms with Crippen molar-refractivity contribution in [3.63, 3.8) is 0 Å². The third-order valence-electron chi connectivity index (χ3n) is 2.10. The van der Waals surface area contributed by atoms with Crippen molar-refractivity contribution < 1.29 is 14.6 Å². The van der Waals surface area contributed by atoms with E-state index in [0.717, 1.165) is 10.3 Å². The summed E-state index contributed by atoms with van der Waals surface area (Å²) in [5, 5.41) is 8.77. The van der Waals surface area contributed by atoms with Gasteiger partial charge in [-0.2, -0.15) is 0 Å². The van der Waals surface area contributed by atoms with Crippen LogP contribution in [0, 0.1) is 0 Å². The molecule has 1 rings (SSSR count). The monoisotopic (exact) mass is 287 g/mol. The Labute approximate surface area is 103 Å². The molecular weight excluding hydrogens is 274 g/mol. The number of aliphatic carboxylic acids is 1. The lowest BCUT2D eigenvalue weighted by Gasteiger charge is -2.10. The molecule has 0 amide bonds. The second-order valence-corrected chi connectivity index (χ2v) is 4.12. The Kier molecular flexibility index (Phi) is 5.42. The maximum Gasteiger partial charge on any atom is 0.332 e. The number of rotatable bonds is 6. The van der Waals surface area contributed by atoms with E-state index in [1.807, 2.05) is 18.2 Å². The quantitative estimate of drug-likeness (QED) is 0.816. The maximum absolute atomic E-state index is 10.7. The highest BCUT2D eigenvalue weighted by Crippen LogP contribution is 2.07. The third-order valence-corrected chi connectivity index (χ3v) is 2.54. The molecule has 0 saturated heterocycles. The van der Waals surface area contributed by atoms with E-state index in [9.17, 15) is 4.79 Å². The molecule has 5 heteroatoms. The molecule has 1 aromatic rings. The molecule has 0 aromatic carbocycles. The van der Waals surface area contributed by atoms with Crippen LogP contribution >= 0.6 is 15.9 Å². The highest BCUT2D eigenvalue weighted by Gasteiger charge is 2.14. The molecule has 0 fully saturated rings. The van der Waals surface area contributed by atoms with Gasteiger partial charge in [-0.3, -0.25) is 0 Å². The van der Waals surface area contributed by atoms with Gasteiger partial charge in [-0.15, -0.1) is 0 Å². The summed E-state index contributed by atoms with van der Waals surface area (Å²) in [6.45, 7) is 2.16. The molecule has 0 aliphatic rings. The molecule has 1 unspecified atom stereocenters. The number of carboxylic acid groups (broad SMARTS) is 1. The number of halogens is 1. The molecular formula is C11H14BrNO3. The molecule has 1 aromatic heterocycles. The van der Waals surface area contributed by atoms with Crippen molar-refractivity contribution in [1.82, 2.24) is 4.98 Å². The van der Waals surface area contributed by atoms with Crippen LogP contribution in [0.4, 0.5) is 0 Å². The first kappa shape index (κ1) is 13.1. The summed E-state index contributed by atoms with van der Waals surface area (Å²) in [4.78, 5) is 14.9. The predicted octanol–water partition coefficient (Wildman–Crippen LogP) is 2.27. The molecule has 4 nitrogen and oxygen atoms in total. The summed E-state index contributed by atoms with van der Waals surface area (Å²) in [7, 11) is 0. The van der Waals surface area contributed by atoms with Crippen LogP contribution in [0.25, 0.3) is 0 Å². The summed E-state index contributed by atoms with van der Waals surface area (Å²) in [6.07, 6.45) is 0.372. The first-order valence-electron chi connectivity index (χ1n) is 5.09. The van der Waals surface area contributed by atoms with Gasteiger partial charge in [0, 0.05) is 12.1 Å². The number of carboxylic acids is 1. The van der Waals surface area contributed by atoms with Crippen molar-refractivity contribution in [2.24, 2.45) is 0 Å². The Hall–Kier alpha value is -0.940. The Balaban J connectivity index is 2.38. The number of carbonyl (C=O) groups is 1. The van der Waals surface area contributed by atoms with Gasteiger partial charge in [-0.1, -0.05) is 13.0 Å². The van der Waals surface area contributed by atoms with Gasteiger partial charge in [0.05, 0.1) is 6.61 Å². The molecule has 1 atom stereocenters. The number of nitrogens with zero attached hydrogens (tertiary/aromatic N) is 1. The lowest BCUT2D eigenvalue weighted by atomic mass is 10.2. The van der Waals surface area contributed by atoms with Gasteiger partial charge in [0.1, 0.15) is 4.60 Å². The third kappa shape index (κ3) is 4.28. The average Bonchev–Trinajstić information content (AvgIpc) is 2.24. The maximum atomic E-state index is 10.7. The van der Waals surface area contributed by atoms with Crippen LogP contribution in [-0.2, 0) is 16.0 Å². The van der Waals surface area contributed by atoms with Gasteiger partial charge in [-0.05, 0) is 34.5 Å². The minimum atomic E-state index is -0.912. The van der Waals surface area contributed by atoms with Gasteiger partial charge >= 0.3 is 5.97 Å². The SMILES string of the molecule is CCC(OCCc1cccc(Br)n1)C(=O)O. The lowest BCUT2D eigenvalue weighted by molar-refractivity contribution is -0.150. The molecule has 0 bridgehead atoms. The van der Waals surface area contributed by atoms with Gasteiger partial charge in [0.25, 0.3) is 0 Å². The first-order valence-corrected chi connectivity index (χ1v) is 5.88. The fraction of sp³-hybridized carbons (Fsp3) is 0.455. The van der Waals surface area contributed by atoms with E-state index in [1.165, 1.54) is 0 Å². The summed E-state index contributed by atoms with van der Waals surface area (Å²) in [5.74, 6) is -0.912. The van der Waals surface area contributed by atoms with E-state index in [4.69, 9.17) is 9.84 Å². The molecule has 0 aliphatic heterocycles. The van der Waals surface area contributed by atoms with Gasteiger partial charge in [0.15, 0.2) is 6.10 Å². The smallest absolute Gasteiger partial charge is 0.332 e. The zero-order valence-corrected chi connectivity index (χ0v) is 10.6. The van der Waals surface area contributed by atoms with Crippen molar-refractivity contribution in [3.8, 4) is 0 Å². The molecule has 0 radical (unpaired) electrons. The zero-order chi connectivity index (χ0) is 12.0. The van der Waals surface area contributed by atoms with Crippen LogP contribution in [0.3, 0.4) is 0 Å². The largest absolute Gasteiger partial charge is 0.479 e. The lowest BCUT2D eigenvalue weighted by Crippen LogP contribution is -2.23. The van der Waals surface area contributed by atoms with Crippen molar-refractivity contribution >= 4 is 21.9 Å². The Morgan fingerprint density at radius 2 is 2.38 bits per heavy atom. The predicted molar refractivity (Wildman–Crippen MR) is 63.3 cm³/mol. The number of hydrogen-bond donors (Lipinski definition) is 1. The second kappa shape index (κ2) is 6.60. The summed E-state index contributed by atoms with van der Waals surface area (Å²) >= 11 is 3.27. The Morgan fingerprint density at radius 1 is 1.62 bits per heavy atom. The van der Waals surface area contributed by atoms with Crippen LogP contribution in [0.2, 0.25) is 0 Å². The van der Waals surface area contributed by atoms with Crippen LogP contribution in [0.15, 0.2) is 22.8 Å². The fourth-order valence-corrected chi connectivity index (χ4v) is 1.64. The Bertz CT molecular complexity index is 357. The minimum absolute atomic E-state index is 0.369. The minimum Gasteiger partial charge on any atom is -0.479 e. The fourth-order valence-electron chi connectivity index (χ4n) is 1.26. The number of aromatic nitrogens is 1. The molecule has 0 aliphatic carbocycles. The van der Waals surface area contributed by atoms with Crippen molar-refractivity contribution in [3.05, 3.63) is 28.5 Å². The van der Waals surface area contributed by atoms with E-state index in [-0.39, 0.29) is 0 Å². The van der Waals surface area contributed by atoms with Crippen LogP contribution in [0.5, 0.6) is 0 Å². The van der Waals surface area contributed by atoms with E-state index < -0.39 is 12.1 Å². The van der Waals surface area contributed by atoms with E-state index >= 15 is 0 Å². The summed E-state index contributed by atoms with van der Waals surface area (Å²) in [6, 6.07) is 5.62. The highest BCUT2D eigenvalue weighted by molar-refractivity contribution is 9.10. The molecule has 0 saturated carbocycles. The van der Waals surface area contributed by atoms with Crippen molar-refractivity contribution in [1.29, 1.82) is 0 Å². The molecule has 1 N–H and O–H groups in total. The average molecular weight is 288 g/mol. The topological polar surface area (TPSA) is 59.4 Å². The second-order valence-electron chi connectivity index (χ2n) is 3.31. The number of ether oxygens (including phenoxy) is 1. The normalized spacial score (nSPS) is 12.4. The van der Waals surface area contributed by atoms with Gasteiger partial charge in [-0.25, -0.2) is 9.78 Å². The van der Waals surface area contributed by atoms with Crippen molar-refractivity contribution in [2.45, 2.75) is 25.9 Å². The van der Waals surface area contributed by atoms with E-state index in [1.54, 1.807) is 6.92 Å². The zero-order valence-electron chi connectivity index (χ0n) is 9.02. The summed E-state index contributed by atoms with van der Waals surface area (Å²) in [5.41, 5.74) is 0.884. The molecule has 0 spiro atoms. The van der Waals surface area contributed by atoms with Crippen LogP contribution in [-0.4, -0.2) is 28.8 Å².